The second-order valence-corrected chi connectivity index (χ2v) is 5.76. The number of allylic oxidation sites excluding steroid dienone is 6. The minimum absolute atomic E-state index is 0.0618. The molecule has 0 bridgehead atoms. The minimum atomic E-state index is -4.40. The van der Waals surface area contributed by atoms with Crippen LogP contribution in [-0.4, -0.2) is 18.6 Å². The van der Waals surface area contributed by atoms with E-state index in [1.54, 1.807) is 31.2 Å². The summed E-state index contributed by atoms with van der Waals surface area (Å²) in [4.78, 5) is 10.6. The molecule has 0 aliphatic heterocycles. The van der Waals surface area contributed by atoms with Gasteiger partial charge in [0, 0.05) is 5.92 Å². The van der Waals surface area contributed by atoms with E-state index in [1.165, 1.54) is 12.2 Å². The van der Waals surface area contributed by atoms with Crippen molar-refractivity contribution >= 4 is 6.29 Å². The Bertz CT molecular complexity index is 685. The molecule has 2 unspecified atom stereocenters. The summed E-state index contributed by atoms with van der Waals surface area (Å²) >= 11 is 0. The molecule has 0 aromatic heterocycles. The Hall–Kier alpha value is -2.50. The summed E-state index contributed by atoms with van der Waals surface area (Å²) in [6, 6.07) is 6.56. The van der Waals surface area contributed by atoms with E-state index in [9.17, 15) is 18.0 Å². The van der Waals surface area contributed by atoms with Gasteiger partial charge in [-0.2, -0.15) is 13.2 Å². The number of halogens is 3. The normalized spacial score (nSPS) is 19.2. The molecule has 0 amide bonds. The summed E-state index contributed by atoms with van der Waals surface area (Å²) in [5.74, 6) is 1.37. The second-order valence-electron chi connectivity index (χ2n) is 5.76. The fourth-order valence-corrected chi connectivity index (χ4v) is 2.20. The average Bonchev–Trinajstić information content (AvgIpc) is 2.54. The standard InChI is InChI=1S/C19H19F3O3/c1-13-4-3-5-15(19(20,21)22)6-11-18(13)25-17-9-7-16(8-10-17)24-14(2)12-23/h3,5-14H,4H2,1-2H3. The van der Waals surface area contributed by atoms with Gasteiger partial charge in [0.1, 0.15) is 17.3 Å². The van der Waals surface area contributed by atoms with Crippen LogP contribution in [-0.2, 0) is 4.79 Å². The zero-order chi connectivity index (χ0) is 18.4. The van der Waals surface area contributed by atoms with E-state index in [4.69, 9.17) is 9.47 Å². The molecule has 0 fully saturated rings. The van der Waals surface area contributed by atoms with Crippen LogP contribution in [0.15, 0.2) is 59.9 Å². The number of carbonyl (C=O) groups excluding carboxylic acids is 1. The van der Waals surface area contributed by atoms with Gasteiger partial charge >= 0.3 is 6.18 Å². The fourth-order valence-electron chi connectivity index (χ4n) is 2.20. The van der Waals surface area contributed by atoms with Crippen LogP contribution >= 0.6 is 0 Å². The van der Waals surface area contributed by atoms with Crippen LogP contribution in [0, 0.1) is 5.92 Å². The van der Waals surface area contributed by atoms with Crippen LogP contribution in [0.5, 0.6) is 11.5 Å². The van der Waals surface area contributed by atoms with Crippen molar-refractivity contribution in [3.8, 4) is 11.5 Å². The van der Waals surface area contributed by atoms with Crippen molar-refractivity contribution in [3.05, 3.63) is 59.9 Å². The van der Waals surface area contributed by atoms with Gasteiger partial charge in [-0.05, 0) is 49.8 Å². The molecule has 1 aromatic carbocycles. The molecular weight excluding hydrogens is 333 g/mol. The highest BCUT2D eigenvalue weighted by Gasteiger charge is 2.31. The van der Waals surface area contributed by atoms with Gasteiger partial charge in [0.05, 0.1) is 5.57 Å². The Morgan fingerprint density at radius 2 is 1.80 bits per heavy atom. The highest BCUT2D eigenvalue weighted by Crippen LogP contribution is 2.30. The summed E-state index contributed by atoms with van der Waals surface area (Å²) < 4.78 is 49.6. The maximum absolute atomic E-state index is 12.9. The van der Waals surface area contributed by atoms with E-state index in [1.807, 2.05) is 6.92 Å². The number of aldehydes is 1. The molecule has 3 nitrogen and oxygen atoms in total. The molecule has 6 heteroatoms. The first-order valence-electron chi connectivity index (χ1n) is 7.85. The third-order valence-corrected chi connectivity index (χ3v) is 3.60. The third kappa shape index (κ3) is 5.52. The lowest BCUT2D eigenvalue weighted by atomic mass is 10.0. The van der Waals surface area contributed by atoms with Crippen molar-refractivity contribution in [2.24, 2.45) is 5.92 Å². The maximum Gasteiger partial charge on any atom is 0.416 e. The highest BCUT2D eigenvalue weighted by molar-refractivity contribution is 5.56. The number of rotatable bonds is 5. The lowest BCUT2D eigenvalue weighted by Gasteiger charge is -2.18. The lowest BCUT2D eigenvalue weighted by Crippen LogP contribution is -2.13. The predicted molar refractivity (Wildman–Crippen MR) is 88.4 cm³/mol. The summed E-state index contributed by atoms with van der Waals surface area (Å²) in [5.41, 5.74) is -0.716. The van der Waals surface area contributed by atoms with Crippen LogP contribution in [0.25, 0.3) is 0 Å². The first kappa shape index (κ1) is 18.8. The van der Waals surface area contributed by atoms with Crippen molar-refractivity contribution in [1.82, 2.24) is 0 Å². The minimum Gasteiger partial charge on any atom is -0.483 e. The molecule has 0 N–H and O–H groups in total. The summed E-state index contributed by atoms with van der Waals surface area (Å²) in [5, 5.41) is 0. The van der Waals surface area contributed by atoms with Crippen LogP contribution < -0.4 is 9.47 Å². The molecule has 25 heavy (non-hydrogen) atoms. The monoisotopic (exact) mass is 352 g/mol. The molecular formula is C19H19F3O3. The van der Waals surface area contributed by atoms with E-state index in [-0.39, 0.29) is 5.92 Å². The number of hydrogen-bond donors (Lipinski definition) is 0. The largest absolute Gasteiger partial charge is 0.483 e. The number of carbonyl (C=O) groups is 1. The van der Waals surface area contributed by atoms with E-state index >= 15 is 0 Å². The number of alkyl halides is 3. The third-order valence-electron chi connectivity index (χ3n) is 3.60. The van der Waals surface area contributed by atoms with Gasteiger partial charge in [-0.3, -0.25) is 4.79 Å². The van der Waals surface area contributed by atoms with E-state index in [0.29, 0.717) is 30.0 Å². The van der Waals surface area contributed by atoms with E-state index in [2.05, 4.69) is 0 Å². The number of benzene rings is 1. The quantitative estimate of drug-likeness (QED) is 0.700. The summed E-state index contributed by atoms with van der Waals surface area (Å²) in [6.07, 6.45) is 1.13. The molecule has 0 saturated heterocycles. The van der Waals surface area contributed by atoms with Crippen molar-refractivity contribution in [1.29, 1.82) is 0 Å². The SMILES string of the molecule is CC(C=O)Oc1ccc(OC2=CC=C(C(F)(F)F)C=CCC2C)cc1. The van der Waals surface area contributed by atoms with Gasteiger partial charge in [-0.15, -0.1) is 0 Å². The van der Waals surface area contributed by atoms with Crippen LogP contribution in [0.4, 0.5) is 13.2 Å². The predicted octanol–water partition coefficient (Wildman–Crippen LogP) is 5.00. The molecule has 0 spiro atoms. The Balaban J connectivity index is 2.15. The molecule has 134 valence electrons. The molecule has 1 aromatic rings. The molecule has 1 aliphatic carbocycles. The zero-order valence-corrected chi connectivity index (χ0v) is 13.9. The van der Waals surface area contributed by atoms with Gasteiger partial charge < -0.3 is 9.47 Å². The molecule has 2 atom stereocenters. The molecule has 0 heterocycles. The Labute approximate surface area is 144 Å². The highest BCUT2D eigenvalue weighted by atomic mass is 19.4. The molecule has 1 aliphatic rings. The van der Waals surface area contributed by atoms with Gasteiger partial charge in [-0.1, -0.05) is 19.1 Å². The zero-order valence-electron chi connectivity index (χ0n) is 13.9. The average molecular weight is 352 g/mol. The van der Waals surface area contributed by atoms with E-state index in [0.717, 1.165) is 12.2 Å². The second kappa shape index (κ2) is 8.05. The lowest BCUT2D eigenvalue weighted by molar-refractivity contribution is -0.113. The Morgan fingerprint density at radius 3 is 2.40 bits per heavy atom. The Kier molecular flexibility index (Phi) is 6.07. The molecule has 2 rings (SSSR count). The first-order chi connectivity index (χ1) is 11.8. The van der Waals surface area contributed by atoms with Gasteiger partial charge in [0.15, 0.2) is 12.4 Å². The first-order valence-corrected chi connectivity index (χ1v) is 7.85. The van der Waals surface area contributed by atoms with Gasteiger partial charge in [0.25, 0.3) is 0 Å². The summed E-state index contributed by atoms with van der Waals surface area (Å²) in [6.45, 7) is 3.50. The van der Waals surface area contributed by atoms with Crippen LogP contribution in [0.3, 0.4) is 0 Å². The van der Waals surface area contributed by atoms with Gasteiger partial charge in [-0.25, -0.2) is 0 Å². The van der Waals surface area contributed by atoms with E-state index < -0.39 is 17.9 Å². The smallest absolute Gasteiger partial charge is 0.416 e. The van der Waals surface area contributed by atoms with Crippen molar-refractivity contribution in [2.75, 3.05) is 0 Å². The van der Waals surface area contributed by atoms with Crippen LogP contribution in [0.2, 0.25) is 0 Å². The summed E-state index contributed by atoms with van der Waals surface area (Å²) in [7, 11) is 0. The maximum atomic E-state index is 12.9. The van der Waals surface area contributed by atoms with Crippen molar-refractivity contribution < 1.29 is 27.4 Å². The van der Waals surface area contributed by atoms with Crippen molar-refractivity contribution in [3.63, 3.8) is 0 Å². The van der Waals surface area contributed by atoms with Gasteiger partial charge in [0.2, 0.25) is 0 Å². The van der Waals surface area contributed by atoms with Crippen molar-refractivity contribution in [2.45, 2.75) is 32.5 Å². The fraction of sp³-hybridized carbons (Fsp3) is 0.316. The number of hydrogen-bond acceptors (Lipinski definition) is 3. The Morgan fingerprint density at radius 1 is 1.16 bits per heavy atom. The number of ether oxygens (including phenoxy) is 2. The molecule has 0 saturated carbocycles. The van der Waals surface area contributed by atoms with Crippen LogP contribution in [0.1, 0.15) is 20.3 Å². The molecule has 0 radical (unpaired) electrons. The topological polar surface area (TPSA) is 35.5 Å².